The second-order valence-corrected chi connectivity index (χ2v) is 3.85. The fourth-order valence-corrected chi connectivity index (χ4v) is 1.51. The summed E-state index contributed by atoms with van der Waals surface area (Å²) in [6.45, 7) is 1.33. The molecule has 1 N–H and O–H groups in total. The smallest absolute Gasteiger partial charge is 0.422 e. The molecule has 0 saturated heterocycles. The van der Waals surface area contributed by atoms with E-state index in [2.05, 4.69) is 4.74 Å². The zero-order valence-corrected chi connectivity index (χ0v) is 10.00. The quantitative estimate of drug-likeness (QED) is 0.681. The maximum atomic E-state index is 12.9. The van der Waals surface area contributed by atoms with Crippen LogP contribution in [0.3, 0.4) is 0 Å². The molecule has 0 bridgehead atoms. The first-order valence-corrected chi connectivity index (χ1v) is 5.41. The standard InChI is InChI=1S/C12H12F4O3/c1-2-19-10(17)7-11(18,12(14,15)16)8-3-5-9(13)6-4-8/h3-6,18H,2,7H2,1H3. The molecule has 3 nitrogen and oxygen atoms in total. The van der Waals surface area contributed by atoms with Crippen molar-refractivity contribution in [2.75, 3.05) is 6.61 Å². The highest BCUT2D eigenvalue weighted by Crippen LogP contribution is 2.41. The van der Waals surface area contributed by atoms with E-state index < -0.39 is 35.5 Å². The van der Waals surface area contributed by atoms with E-state index in [0.29, 0.717) is 0 Å². The molecule has 0 aliphatic heterocycles. The summed E-state index contributed by atoms with van der Waals surface area (Å²) < 4.78 is 55.9. The van der Waals surface area contributed by atoms with E-state index in [-0.39, 0.29) is 6.61 Å². The van der Waals surface area contributed by atoms with E-state index in [9.17, 15) is 27.5 Å². The third-order valence-electron chi connectivity index (χ3n) is 2.50. The van der Waals surface area contributed by atoms with Gasteiger partial charge in [-0.05, 0) is 24.6 Å². The Bertz CT molecular complexity index is 441. The number of esters is 1. The number of carbonyl (C=O) groups excluding carboxylic acids is 1. The van der Waals surface area contributed by atoms with Crippen molar-refractivity contribution in [3.8, 4) is 0 Å². The molecule has 1 atom stereocenters. The van der Waals surface area contributed by atoms with Crippen molar-refractivity contribution >= 4 is 5.97 Å². The number of aliphatic hydroxyl groups is 1. The maximum absolute atomic E-state index is 12.9. The van der Waals surface area contributed by atoms with Crippen LogP contribution in [0.2, 0.25) is 0 Å². The Kier molecular flexibility index (Phi) is 4.52. The molecule has 0 saturated carbocycles. The lowest BCUT2D eigenvalue weighted by Crippen LogP contribution is -2.44. The van der Waals surface area contributed by atoms with Crippen LogP contribution < -0.4 is 0 Å². The molecule has 0 aromatic heterocycles. The van der Waals surface area contributed by atoms with Gasteiger partial charge in [0, 0.05) is 0 Å². The van der Waals surface area contributed by atoms with Crippen molar-refractivity contribution in [3.05, 3.63) is 35.6 Å². The van der Waals surface area contributed by atoms with E-state index in [1.807, 2.05) is 0 Å². The van der Waals surface area contributed by atoms with Crippen molar-refractivity contribution in [1.29, 1.82) is 0 Å². The average Bonchev–Trinajstić information content (AvgIpc) is 2.28. The molecule has 1 rings (SSSR count). The summed E-state index contributed by atoms with van der Waals surface area (Å²) in [5.41, 5.74) is -4.01. The molecule has 7 heteroatoms. The topological polar surface area (TPSA) is 46.5 Å². The molecular weight excluding hydrogens is 268 g/mol. The second kappa shape index (κ2) is 5.56. The highest BCUT2D eigenvalue weighted by molar-refractivity contribution is 5.71. The van der Waals surface area contributed by atoms with Gasteiger partial charge in [-0.25, -0.2) is 4.39 Å². The van der Waals surface area contributed by atoms with E-state index in [1.54, 1.807) is 0 Å². The Morgan fingerprint density at radius 2 is 1.79 bits per heavy atom. The molecule has 106 valence electrons. The van der Waals surface area contributed by atoms with Gasteiger partial charge in [0.2, 0.25) is 0 Å². The van der Waals surface area contributed by atoms with Gasteiger partial charge in [-0.15, -0.1) is 0 Å². The molecule has 1 unspecified atom stereocenters. The molecule has 0 aliphatic carbocycles. The van der Waals surface area contributed by atoms with E-state index in [0.717, 1.165) is 24.3 Å². The van der Waals surface area contributed by atoms with Gasteiger partial charge in [0.1, 0.15) is 5.82 Å². The van der Waals surface area contributed by atoms with Gasteiger partial charge in [0.15, 0.2) is 5.60 Å². The van der Waals surface area contributed by atoms with Crippen molar-refractivity contribution < 1.29 is 32.2 Å². The fourth-order valence-electron chi connectivity index (χ4n) is 1.51. The van der Waals surface area contributed by atoms with E-state index >= 15 is 0 Å². The Balaban J connectivity index is 3.13. The van der Waals surface area contributed by atoms with Gasteiger partial charge < -0.3 is 9.84 Å². The summed E-state index contributed by atoms with van der Waals surface area (Å²) in [6, 6.07) is 3.11. The van der Waals surface area contributed by atoms with Crippen LogP contribution in [0.15, 0.2) is 24.3 Å². The highest BCUT2D eigenvalue weighted by Gasteiger charge is 2.56. The third-order valence-corrected chi connectivity index (χ3v) is 2.50. The van der Waals surface area contributed by atoms with Crippen LogP contribution in [0.25, 0.3) is 0 Å². The Morgan fingerprint density at radius 3 is 2.21 bits per heavy atom. The molecule has 1 aromatic carbocycles. The zero-order valence-electron chi connectivity index (χ0n) is 10.00. The van der Waals surface area contributed by atoms with Crippen LogP contribution in [0.1, 0.15) is 18.9 Å². The Labute approximate surface area is 106 Å². The number of alkyl halides is 3. The number of rotatable bonds is 4. The molecule has 19 heavy (non-hydrogen) atoms. The second-order valence-electron chi connectivity index (χ2n) is 3.85. The Morgan fingerprint density at radius 1 is 1.26 bits per heavy atom. The lowest BCUT2D eigenvalue weighted by atomic mass is 9.89. The van der Waals surface area contributed by atoms with Gasteiger partial charge in [-0.3, -0.25) is 4.79 Å². The first-order valence-electron chi connectivity index (χ1n) is 5.41. The predicted molar refractivity (Wildman–Crippen MR) is 57.6 cm³/mol. The zero-order chi connectivity index (χ0) is 14.7. The summed E-state index contributed by atoms with van der Waals surface area (Å²) in [7, 11) is 0. The minimum Gasteiger partial charge on any atom is -0.466 e. The molecule has 1 aromatic rings. The van der Waals surface area contributed by atoms with E-state index in [4.69, 9.17) is 0 Å². The van der Waals surface area contributed by atoms with Crippen molar-refractivity contribution in [3.63, 3.8) is 0 Å². The monoisotopic (exact) mass is 280 g/mol. The van der Waals surface area contributed by atoms with Crippen molar-refractivity contribution in [1.82, 2.24) is 0 Å². The lowest BCUT2D eigenvalue weighted by Gasteiger charge is -2.30. The first kappa shape index (κ1) is 15.4. The molecule has 0 amide bonds. The van der Waals surface area contributed by atoms with Gasteiger partial charge in [0.25, 0.3) is 0 Å². The summed E-state index contributed by atoms with van der Waals surface area (Å²) in [5.74, 6) is -1.93. The van der Waals surface area contributed by atoms with Crippen molar-refractivity contribution in [2.24, 2.45) is 0 Å². The van der Waals surface area contributed by atoms with Crippen molar-refractivity contribution in [2.45, 2.75) is 25.1 Å². The minimum absolute atomic E-state index is 0.101. The number of carbonyl (C=O) groups is 1. The summed E-state index contributed by atoms with van der Waals surface area (Å²) >= 11 is 0. The van der Waals surface area contributed by atoms with Gasteiger partial charge >= 0.3 is 12.1 Å². The maximum Gasteiger partial charge on any atom is 0.422 e. The molecule has 0 aliphatic rings. The lowest BCUT2D eigenvalue weighted by molar-refractivity contribution is -0.269. The van der Waals surface area contributed by atoms with Crippen LogP contribution in [0.4, 0.5) is 17.6 Å². The number of hydrogen-bond acceptors (Lipinski definition) is 3. The summed E-state index contributed by atoms with van der Waals surface area (Å²) in [4.78, 5) is 11.2. The third kappa shape index (κ3) is 3.44. The number of halogens is 4. The predicted octanol–water partition coefficient (Wildman–Crippen LogP) is 2.53. The van der Waals surface area contributed by atoms with Gasteiger partial charge in [-0.2, -0.15) is 13.2 Å². The largest absolute Gasteiger partial charge is 0.466 e. The number of ether oxygens (including phenoxy) is 1. The van der Waals surface area contributed by atoms with Gasteiger partial charge in [0.05, 0.1) is 13.0 Å². The molecule has 0 radical (unpaired) electrons. The molecule has 0 spiro atoms. The molecule has 0 heterocycles. The van der Waals surface area contributed by atoms with Crippen LogP contribution in [0.5, 0.6) is 0 Å². The SMILES string of the molecule is CCOC(=O)CC(O)(c1ccc(F)cc1)C(F)(F)F. The van der Waals surface area contributed by atoms with Gasteiger partial charge in [-0.1, -0.05) is 12.1 Å². The molecule has 0 fully saturated rings. The first-order chi connectivity index (χ1) is 8.70. The number of hydrogen-bond donors (Lipinski definition) is 1. The summed E-state index contributed by atoms with van der Waals surface area (Å²) in [6.07, 6.45) is -6.37. The van der Waals surface area contributed by atoms with Crippen LogP contribution in [-0.2, 0) is 15.1 Å². The Hall–Kier alpha value is -1.63. The number of benzene rings is 1. The van der Waals surface area contributed by atoms with Crippen LogP contribution in [0, 0.1) is 5.82 Å². The molecular formula is C12H12F4O3. The minimum atomic E-state index is -5.09. The van der Waals surface area contributed by atoms with Crippen LogP contribution in [-0.4, -0.2) is 23.9 Å². The highest BCUT2D eigenvalue weighted by atomic mass is 19.4. The summed E-state index contributed by atoms with van der Waals surface area (Å²) in [5, 5.41) is 9.76. The average molecular weight is 280 g/mol. The van der Waals surface area contributed by atoms with E-state index in [1.165, 1.54) is 6.92 Å². The van der Waals surface area contributed by atoms with Crippen LogP contribution >= 0.6 is 0 Å². The normalized spacial score (nSPS) is 14.8. The fraction of sp³-hybridized carbons (Fsp3) is 0.417.